The van der Waals surface area contributed by atoms with Crippen LogP contribution in [0.5, 0.6) is 11.6 Å². The number of aromatic nitrogens is 1. The molecule has 2 aromatic rings. The number of benzene rings is 1. The molecule has 3 heterocycles. The zero-order valence-electron chi connectivity index (χ0n) is 29.5. The van der Waals surface area contributed by atoms with Crippen LogP contribution in [0.2, 0.25) is 0 Å². The number of methoxy groups -OCH3 is 1. The Hall–Kier alpha value is -3.27. The molecule has 1 N–H and O–H groups in total. The van der Waals surface area contributed by atoms with E-state index < -0.39 is 36.8 Å². The van der Waals surface area contributed by atoms with Crippen molar-refractivity contribution in [3.8, 4) is 11.6 Å². The average Bonchev–Trinajstić information content (AvgIpc) is 3.37. The Morgan fingerprint density at radius 2 is 2.00 bits per heavy atom. The highest BCUT2D eigenvalue weighted by molar-refractivity contribution is 7.55. The van der Waals surface area contributed by atoms with Crippen molar-refractivity contribution in [1.82, 2.24) is 9.88 Å². The molecule has 3 unspecified atom stereocenters. The molecular formula is C38H51N2O9P. The summed E-state index contributed by atoms with van der Waals surface area (Å²) in [6, 6.07) is 5.00. The third-order valence-electron chi connectivity index (χ3n) is 11.4. The first-order chi connectivity index (χ1) is 24.0. The number of allylic oxidation sites excluding steroid dienone is 1. The summed E-state index contributed by atoms with van der Waals surface area (Å²) in [5.74, 6) is -0.704. The van der Waals surface area contributed by atoms with Crippen molar-refractivity contribution in [2.24, 2.45) is 23.7 Å². The smallest absolute Gasteiger partial charge is 0.335 e. The molecule has 1 saturated heterocycles. The largest absolute Gasteiger partial charge is 0.496 e. The number of carbonyl (C=O) groups excluding carboxylic acids is 3. The van der Waals surface area contributed by atoms with Gasteiger partial charge in [-0.1, -0.05) is 25.8 Å². The lowest BCUT2D eigenvalue weighted by Gasteiger charge is -2.31. The van der Waals surface area contributed by atoms with Crippen LogP contribution in [0, 0.1) is 23.7 Å². The molecule has 1 amide bonds. The number of hydrogen-bond donors (Lipinski definition) is 1. The number of hydrogen-bond acceptors (Lipinski definition) is 9. The fraction of sp³-hybridized carbons (Fsp3) is 0.632. The zero-order valence-corrected chi connectivity index (χ0v) is 30.4. The van der Waals surface area contributed by atoms with Crippen LogP contribution in [0.25, 0.3) is 10.8 Å². The number of ketones is 1. The minimum Gasteiger partial charge on any atom is -0.496 e. The predicted molar refractivity (Wildman–Crippen MR) is 188 cm³/mol. The molecule has 6 rings (SSSR count). The van der Waals surface area contributed by atoms with Gasteiger partial charge in [0.1, 0.15) is 11.9 Å². The van der Waals surface area contributed by atoms with Gasteiger partial charge in [0.25, 0.3) is 0 Å². The number of esters is 1. The van der Waals surface area contributed by atoms with E-state index in [0.29, 0.717) is 12.3 Å². The zero-order chi connectivity index (χ0) is 35.6. The molecule has 2 aliphatic heterocycles. The Morgan fingerprint density at radius 1 is 1.22 bits per heavy atom. The molecule has 0 spiro atoms. The second kappa shape index (κ2) is 15.1. The first-order valence-corrected chi connectivity index (χ1v) is 19.8. The standard InChI is InChI=1S/C38H51N2O9P/c1-5-28-20-38(28,50(44,45)48-6-2)21-33(41)32-18-29-22-40(32)37(43)31(25-11-7-8-12-25)19-35(42)47-23-24(3)10-9-13-27-16-30-26(17-34(27)46-4)14-15-39-36(30)49-29/h5,14-17,24-25,28-29,31-32H,1,6-13,18-23H2,2-4H3,(H,44,45)/t24-,28?,29-,31+,32+,38?/m1/s1. The molecule has 2 saturated carbocycles. The first-order valence-electron chi connectivity index (χ1n) is 18.2. The number of cyclic esters (lactones) is 1. The van der Waals surface area contributed by atoms with Gasteiger partial charge in [-0.3, -0.25) is 18.9 Å². The van der Waals surface area contributed by atoms with Crippen LogP contribution < -0.4 is 9.47 Å². The summed E-state index contributed by atoms with van der Waals surface area (Å²) in [6.07, 6.45) is 8.95. The van der Waals surface area contributed by atoms with Crippen molar-refractivity contribution in [2.45, 2.75) is 102 Å². The van der Waals surface area contributed by atoms with Crippen LogP contribution in [-0.4, -0.2) is 76.6 Å². The topological polar surface area (TPSA) is 142 Å². The van der Waals surface area contributed by atoms with Crippen molar-refractivity contribution in [3.63, 3.8) is 0 Å². The molecule has 3 fully saturated rings. The van der Waals surface area contributed by atoms with E-state index in [-0.39, 0.29) is 68.5 Å². The highest BCUT2D eigenvalue weighted by Crippen LogP contribution is 2.73. The third-order valence-corrected chi connectivity index (χ3v) is 13.8. The van der Waals surface area contributed by atoms with Crippen LogP contribution in [0.15, 0.2) is 37.1 Å². The molecular weight excluding hydrogens is 659 g/mol. The highest BCUT2D eigenvalue weighted by atomic mass is 31.2. The van der Waals surface area contributed by atoms with Crippen molar-refractivity contribution in [3.05, 3.63) is 42.6 Å². The van der Waals surface area contributed by atoms with Crippen molar-refractivity contribution in [2.75, 3.05) is 26.9 Å². The number of rotatable bonds is 9. The Morgan fingerprint density at radius 3 is 2.70 bits per heavy atom. The number of ether oxygens (including phenoxy) is 3. The molecule has 4 aliphatic rings. The van der Waals surface area contributed by atoms with Gasteiger partial charge < -0.3 is 28.5 Å². The summed E-state index contributed by atoms with van der Waals surface area (Å²) in [6.45, 7) is 7.94. The lowest BCUT2D eigenvalue weighted by atomic mass is 9.86. The van der Waals surface area contributed by atoms with Gasteiger partial charge in [-0.25, -0.2) is 4.98 Å². The van der Waals surface area contributed by atoms with Gasteiger partial charge in [0.15, 0.2) is 5.78 Å². The number of fused-ring (bicyclic) bond motifs is 3. The Kier molecular flexibility index (Phi) is 11.1. The summed E-state index contributed by atoms with van der Waals surface area (Å²) in [7, 11) is -2.53. The minimum absolute atomic E-state index is 0.00235. The number of Topliss-reactive ketones (excluding diaryl/α,β-unsaturated/α-hetero) is 1. The van der Waals surface area contributed by atoms with E-state index in [0.717, 1.165) is 67.0 Å². The molecule has 12 heteroatoms. The summed E-state index contributed by atoms with van der Waals surface area (Å²) in [5, 5.41) is 0.428. The van der Waals surface area contributed by atoms with E-state index in [1.807, 2.05) is 18.2 Å². The van der Waals surface area contributed by atoms with Crippen molar-refractivity contribution < 1.29 is 42.6 Å². The van der Waals surface area contributed by atoms with Crippen LogP contribution in [0.1, 0.15) is 83.6 Å². The van der Waals surface area contributed by atoms with Crippen LogP contribution in [-0.2, 0) is 34.6 Å². The highest BCUT2D eigenvalue weighted by Gasteiger charge is 2.66. The maximum absolute atomic E-state index is 14.6. The van der Waals surface area contributed by atoms with E-state index in [1.54, 1.807) is 31.2 Å². The quantitative estimate of drug-likeness (QED) is 0.176. The monoisotopic (exact) mass is 710 g/mol. The first kappa shape index (κ1) is 36.5. The maximum Gasteiger partial charge on any atom is 0.335 e. The van der Waals surface area contributed by atoms with Gasteiger partial charge in [-0.05, 0) is 92.4 Å². The minimum atomic E-state index is -4.18. The van der Waals surface area contributed by atoms with Crippen molar-refractivity contribution in [1.29, 1.82) is 0 Å². The number of carbonyl (C=O) groups is 3. The van der Waals surface area contributed by atoms with Gasteiger partial charge in [-0.2, -0.15) is 0 Å². The Labute approximate surface area is 294 Å². The molecule has 1 aromatic carbocycles. The summed E-state index contributed by atoms with van der Waals surface area (Å²) in [4.78, 5) is 59.5. The lowest BCUT2D eigenvalue weighted by molar-refractivity contribution is -0.152. The molecule has 0 radical (unpaired) electrons. The number of pyridine rings is 1. The van der Waals surface area contributed by atoms with Gasteiger partial charge >= 0.3 is 13.6 Å². The van der Waals surface area contributed by atoms with Crippen LogP contribution >= 0.6 is 7.60 Å². The molecule has 50 heavy (non-hydrogen) atoms. The molecule has 11 nitrogen and oxygen atoms in total. The van der Waals surface area contributed by atoms with E-state index in [4.69, 9.17) is 18.7 Å². The number of aryl methyl sites for hydroxylation is 1. The van der Waals surface area contributed by atoms with E-state index >= 15 is 0 Å². The van der Waals surface area contributed by atoms with Gasteiger partial charge in [0.05, 0.1) is 50.4 Å². The van der Waals surface area contributed by atoms with Gasteiger partial charge in [0.2, 0.25) is 11.8 Å². The number of nitrogens with zero attached hydrogens (tertiary/aromatic N) is 2. The summed E-state index contributed by atoms with van der Waals surface area (Å²) < 4.78 is 36.8. The molecule has 7 atom stereocenters. The molecule has 1 aromatic heterocycles. The van der Waals surface area contributed by atoms with E-state index in [1.165, 1.54) is 0 Å². The fourth-order valence-corrected chi connectivity index (χ4v) is 10.4. The summed E-state index contributed by atoms with van der Waals surface area (Å²) in [5.41, 5.74) is 1.01. The number of amides is 1. The Bertz CT molecular complexity index is 1660. The second-order valence-electron chi connectivity index (χ2n) is 14.7. The predicted octanol–water partition coefficient (Wildman–Crippen LogP) is 6.43. The van der Waals surface area contributed by atoms with E-state index in [2.05, 4.69) is 18.5 Å². The van der Waals surface area contributed by atoms with Crippen LogP contribution in [0.3, 0.4) is 0 Å². The van der Waals surface area contributed by atoms with Crippen LogP contribution in [0.4, 0.5) is 0 Å². The second-order valence-corrected chi connectivity index (χ2v) is 16.9. The third kappa shape index (κ3) is 7.37. The SMILES string of the molecule is C=CC1CC1(CC(=O)[C@@H]1C[C@@H]2CN1C(=O)[C@H](C1CCCC1)CC(=O)OC[C@H](C)CCCc1cc3c(nccc3cc1OC)O2)P(=O)(O)OCC. The van der Waals surface area contributed by atoms with Crippen molar-refractivity contribution >= 4 is 36.0 Å². The summed E-state index contributed by atoms with van der Waals surface area (Å²) >= 11 is 0. The fourth-order valence-electron chi connectivity index (χ4n) is 8.49. The molecule has 2 aliphatic carbocycles. The lowest BCUT2D eigenvalue weighted by Crippen LogP contribution is -2.46. The maximum atomic E-state index is 14.6. The molecule has 4 bridgehead atoms. The van der Waals surface area contributed by atoms with E-state index in [9.17, 15) is 23.8 Å². The van der Waals surface area contributed by atoms with Gasteiger partial charge in [-0.15, -0.1) is 6.58 Å². The Balaban J connectivity index is 1.37. The normalized spacial score (nSPS) is 30.6. The molecule has 272 valence electrons. The van der Waals surface area contributed by atoms with Gasteiger partial charge in [0, 0.05) is 24.4 Å². The average molecular weight is 711 g/mol.